The fraction of sp³-hybridized carbons (Fsp3) is 0.270. The van der Waals surface area contributed by atoms with Gasteiger partial charge in [0.2, 0.25) is 0 Å². The van der Waals surface area contributed by atoms with Crippen LogP contribution in [0.15, 0.2) is 84.4 Å². The van der Waals surface area contributed by atoms with Crippen LogP contribution in [-0.4, -0.2) is 11.0 Å². The predicted molar refractivity (Wildman–Crippen MR) is 167 cm³/mol. The number of nitrogens with one attached hydrogen (secondary N) is 1. The molecule has 2 N–H and O–H groups in total. The molecule has 4 heteroatoms. The minimum Gasteiger partial charge on any atom is -0.507 e. The summed E-state index contributed by atoms with van der Waals surface area (Å²) in [6, 6.07) is 24.1. The lowest BCUT2D eigenvalue weighted by atomic mass is 9.76. The molecule has 0 atom stereocenters. The number of allylic oxidation sites excluding steroid dienone is 2. The molecule has 4 aromatic rings. The molecule has 1 amide bonds. The lowest BCUT2D eigenvalue weighted by molar-refractivity contribution is 0.102. The van der Waals surface area contributed by atoms with E-state index in [1.54, 1.807) is 18.2 Å². The number of phenolic OH excluding ortho intramolecular Hbond substituents is 1. The average molecular weight is 548 g/mol. The van der Waals surface area contributed by atoms with Crippen LogP contribution in [0, 0.1) is 12.7 Å². The minimum absolute atomic E-state index is 0.0864. The highest BCUT2D eigenvalue weighted by molar-refractivity contribution is 6.04. The Morgan fingerprint density at radius 1 is 0.927 bits per heavy atom. The van der Waals surface area contributed by atoms with Crippen molar-refractivity contribution in [3.05, 3.63) is 124 Å². The molecule has 3 nitrogen and oxygen atoms in total. The highest BCUT2D eigenvalue weighted by Gasteiger charge is 2.25. The number of hydrogen-bond donors (Lipinski definition) is 2. The zero-order chi connectivity index (χ0) is 29.1. The molecule has 1 aliphatic rings. The lowest BCUT2D eigenvalue weighted by Gasteiger charge is -2.29. The third kappa shape index (κ3) is 6.27. The summed E-state index contributed by atoms with van der Waals surface area (Å²) in [7, 11) is 0. The molecule has 210 valence electrons. The van der Waals surface area contributed by atoms with Gasteiger partial charge in [0.1, 0.15) is 11.6 Å². The largest absolute Gasteiger partial charge is 0.507 e. The average Bonchev–Trinajstić information content (AvgIpc) is 2.93. The van der Waals surface area contributed by atoms with E-state index in [0.717, 1.165) is 48.8 Å². The van der Waals surface area contributed by atoms with Gasteiger partial charge in [0.15, 0.2) is 0 Å². The first-order valence-corrected chi connectivity index (χ1v) is 14.5. The third-order valence-electron chi connectivity index (χ3n) is 8.58. The van der Waals surface area contributed by atoms with Crippen molar-refractivity contribution in [2.45, 2.75) is 65.7 Å². The van der Waals surface area contributed by atoms with Crippen LogP contribution in [-0.2, 0) is 6.42 Å². The first kappa shape index (κ1) is 28.4. The van der Waals surface area contributed by atoms with Gasteiger partial charge in [-0.3, -0.25) is 4.79 Å². The molecule has 0 aromatic heterocycles. The monoisotopic (exact) mass is 547 g/mol. The molecule has 1 saturated carbocycles. The number of aromatic hydroxyl groups is 1. The van der Waals surface area contributed by atoms with Gasteiger partial charge in [-0.2, -0.15) is 0 Å². The Labute approximate surface area is 242 Å². The summed E-state index contributed by atoms with van der Waals surface area (Å²) in [6.45, 7) is 8.74. The number of phenols is 1. The standard InChI is InChI=1S/C37H38FNO2/c1-5-23(2)25(4)33-20-27(10-9-24(33)3)19-26-11-13-30(14-12-26)37(41)39-32-21-34(28-7-6-8-28)36(35(40)22-32)29-15-17-31(38)18-16-29/h9-18,20-22,28,40H,5-8,19H2,1-4H3,(H,39,41)/b25-23-. The molecule has 0 unspecified atom stereocenters. The van der Waals surface area contributed by atoms with Gasteiger partial charge in [-0.15, -0.1) is 0 Å². The van der Waals surface area contributed by atoms with Crippen molar-refractivity contribution >= 4 is 17.2 Å². The van der Waals surface area contributed by atoms with E-state index in [0.29, 0.717) is 22.7 Å². The van der Waals surface area contributed by atoms with Crippen molar-refractivity contribution in [1.82, 2.24) is 0 Å². The van der Waals surface area contributed by atoms with Crippen LogP contribution in [0.3, 0.4) is 0 Å². The fourth-order valence-electron chi connectivity index (χ4n) is 5.58. The van der Waals surface area contributed by atoms with E-state index < -0.39 is 0 Å². The highest BCUT2D eigenvalue weighted by Crippen LogP contribution is 2.46. The van der Waals surface area contributed by atoms with Crippen LogP contribution >= 0.6 is 0 Å². The summed E-state index contributed by atoms with van der Waals surface area (Å²) < 4.78 is 13.5. The summed E-state index contributed by atoms with van der Waals surface area (Å²) in [5.74, 6) is -0.141. The number of rotatable bonds is 8. The number of carbonyl (C=O) groups excluding carboxylic acids is 1. The van der Waals surface area contributed by atoms with E-state index in [4.69, 9.17) is 0 Å². The molecule has 0 aliphatic heterocycles. The maximum atomic E-state index is 13.5. The molecule has 4 aromatic carbocycles. The SMILES string of the molecule is CC/C(C)=C(/C)c1cc(Cc2ccc(C(=O)Nc3cc(O)c(-c4ccc(F)cc4)c(C4CCC4)c3)cc2)ccc1C. The Balaban J connectivity index is 1.33. The third-order valence-corrected chi connectivity index (χ3v) is 8.58. The number of aryl methyl sites for hydroxylation is 1. The number of anilines is 1. The molecule has 0 heterocycles. The van der Waals surface area contributed by atoms with Crippen LogP contribution < -0.4 is 5.32 Å². The smallest absolute Gasteiger partial charge is 0.255 e. The van der Waals surface area contributed by atoms with Gasteiger partial charge in [0.25, 0.3) is 5.91 Å². The van der Waals surface area contributed by atoms with Gasteiger partial charge in [0, 0.05) is 22.9 Å². The van der Waals surface area contributed by atoms with Crippen LogP contribution in [0.2, 0.25) is 0 Å². The maximum Gasteiger partial charge on any atom is 0.255 e. The predicted octanol–water partition coefficient (Wildman–Crippen LogP) is 9.82. The van der Waals surface area contributed by atoms with Crippen molar-refractivity contribution in [1.29, 1.82) is 0 Å². The van der Waals surface area contributed by atoms with E-state index in [-0.39, 0.29) is 17.5 Å². The molecule has 0 bridgehead atoms. The molecule has 0 radical (unpaired) electrons. The Hall–Kier alpha value is -4.18. The second kappa shape index (κ2) is 12.1. The zero-order valence-electron chi connectivity index (χ0n) is 24.4. The molecular formula is C37H38FNO2. The molecule has 0 spiro atoms. The van der Waals surface area contributed by atoms with Crippen LogP contribution in [0.4, 0.5) is 10.1 Å². The topological polar surface area (TPSA) is 49.3 Å². The molecule has 1 aliphatic carbocycles. The molecular weight excluding hydrogens is 509 g/mol. The van der Waals surface area contributed by atoms with Crippen molar-refractivity contribution in [3.63, 3.8) is 0 Å². The van der Waals surface area contributed by atoms with Gasteiger partial charge >= 0.3 is 0 Å². The second-order valence-corrected chi connectivity index (χ2v) is 11.3. The minimum atomic E-state index is -0.314. The van der Waals surface area contributed by atoms with Gasteiger partial charge in [-0.1, -0.05) is 61.4 Å². The van der Waals surface area contributed by atoms with Crippen LogP contribution in [0.5, 0.6) is 5.75 Å². The maximum absolute atomic E-state index is 13.5. The summed E-state index contributed by atoms with van der Waals surface area (Å²) in [6.07, 6.45) is 5.03. The summed E-state index contributed by atoms with van der Waals surface area (Å²) in [4.78, 5) is 13.2. The van der Waals surface area contributed by atoms with Crippen molar-refractivity contribution < 1.29 is 14.3 Å². The number of carbonyl (C=O) groups is 1. The molecule has 41 heavy (non-hydrogen) atoms. The van der Waals surface area contributed by atoms with Crippen LogP contribution in [0.25, 0.3) is 16.7 Å². The Morgan fingerprint density at radius 3 is 2.24 bits per heavy atom. The van der Waals surface area contributed by atoms with E-state index in [2.05, 4.69) is 51.2 Å². The van der Waals surface area contributed by atoms with E-state index >= 15 is 0 Å². The first-order valence-electron chi connectivity index (χ1n) is 14.5. The van der Waals surface area contributed by atoms with Gasteiger partial charge in [-0.25, -0.2) is 4.39 Å². The molecule has 1 fully saturated rings. The second-order valence-electron chi connectivity index (χ2n) is 11.3. The van der Waals surface area contributed by atoms with Gasteiger partial charge in [-0.05, 0) is 122 Å². The Morgan fingerprint density at radius 2 is 1.61 bits per heavy atom. The number of benzene rings is 4. The summed E-state index contributed by atoms with van der Waals surface area (Å²) in [5, 5.41) is 14.0. The lowest BCUT2D eigenvalue weighted by Crippen LogP contribution is -2.14. The quantitative estimate of drug-likeness (QED) is 0.231. The number of amides is 1. The van der Waals surface area contributed by atoms with E-state index in [1.165, 1.54) is 40.0 Å². The summed E-state index contributed by atoms with van der Waals surface area (Å²) >= 11 is 0. The number of halogens is 1. The molecule has 5 rings (SSSR count). The van der Waals surface area contributed by atoms with Crippen molar-refractivity contribution in [2.24, 2.45) is 0 Å². The number of hydrogen-bond acceptors (Lipinski definition) is 2. The van der Waals surface area contributed by atoms with Crippen molar-refractivity contribution in [2.75, 3.05) is 5.32 Å². The Kier molecular flexibility index (Phi) is 8.39. The first-order chi connectivity index (χ1) is 19.7. The van der Waals surface area contributed by atoms with Gasteiger partial charge < -0.3 is 10.4 Å². The molecule has 0 saturated heterocycles. The normalized spacial score (nSPS) is 13.9. The highest BCUT2D eigenvalue weighted by atomic mass is 19.1. The summed E-state index contributed by atoms with van der Waals surface area (Å²) in [5.41, 5.74) is 11.3. The van der Waals surface area contributed by atoms with E-state index in [9.17, 15) is 14.3 Å². The van der Waals surface area contributed by atoms with Crippen molar-refractivity contribution in [3.8, 4) is 16.9 Å². The zero-order valence-corrected chi connectivity index (χ0v) is 24.4. The van der Waals surface area contributed by atoms with E-state index in [1.807, 2.05) is 30.3 Å². The Bertz CT molecular complexity index is 1600. The fourth-order valence-corrected chi connectivity index (χ4v) is 5.58. The van der Waals surface area contributed by atoms with Gasteiger partial charge in [0.05, 0.1) is 0 Å². The van der Waals surface area contributed by atoms with Crippen LogP contribution in [0.1, 0.15) is 90.5 Å².